The summed E-state index contributed by atoms with van der Waals surface area (Å²) in [5, 5.41) is 34.6. The van der Waals surface area contributed by atoms with Gasteiger partial charge in [0.25, 0.3) is 0 Å². The highest BCUT2D eigenvalue weighted by atomic mass is 32.2. The van der Waals surface area contributed by atoms with Crippen molar-refractivity contribution in [3.63, 3.8) is 0 Å². The van der Waals surface area contributed by atoms with Crippen LogP contribution in [0.3, 0.4) is 0 Å². The second kappa shape index (κ2) is 16.5. The molecular weight excluding hydrogens is 462 g/mol. The Morgan fingerprint density at radius 2 is 1.67 bits per heavy atom. The van der Waals surface area contributed by atoms with Gasteiger partial charge in [-0.25, -0.2) is 10.2 Å². The number of carboxylic acid groups (broad SMARTS) is 2. The fourth-order valence-corrected chi connectivity index (χ4v) is 2.91. The van der Waals surface area contributed by atoms with Crippen molar-refractivity contribution < 1.29 is 34.2 Å². The molecule has 0 saturated heterocycles. The molecule has 0 bridgehead atoms. The zero-order chi connectivity index (χ0) is 25.4. The lowest BCUT2D eigenvalue weighted by Gasteiger charge is -2.22. The molecule has 0 fully saturated rings. The maximum atomic E-state index is 12.5. The molecule has 3 atom stereocenters. The summed E-state index contributed by atoms with van der Waals surface area (Å²) < 4.78 is 2.68. The van der Waals surface area contributed by atoms with E-state index in [4.69, 9.17) is 27.2 Å². The molecular formula is C16H31N9O7S. The number of rotatable bonds is 17. The van der Waals surface area contributed by atoms with Crippen LogP contribution in [0.5, 0.6) is 0 Å². The summed E-state index contributed by atoms with van der Waals surface area (Å²) in [6.07, 6.45) is -0.293. The third-order valence-electron chi connectivity index (χ3n) is 3.97. The maximum absolute atomic E-state index is 12.5. The minimum absolute atomic E-state index is 0.0460. The van der Waals surface area contributed by atoms with Crippen LogP contribution < -0.4 is 43.0 Å². The molecule has 0 spiro atoms. The molecule has 188 valence electrons. The molecule has 0 rings (SSSR count). The van der Waals surface area contributed by atoms with Gasteiger partial charge in [-0.15, -0.1) is 0 Å². The Kier molecular flexibility index (Phi) is 14.9. The average molecular weight is 494 g/mol. The van der Waals surface area contributed by atoms with Crippen LogP contribution in [0, 0.1) is 5.41 Å². The van der Waals surface area contributed by atoms with Gasteiger partial charge in [-0.2, -0.15) is 0 Å². The molecule has 0 heterocycles. The van der Waals surface area contributed by atoms with Crippen molar-refractivity contribution >= 4 is 47.6 Å². The Bertz CT molecular complexity index is 710. The maximum Gasteiger partial charge on any atom is 0.327 e. The van der Waals surface area contributed by atoms with Crippen LogP contribution in [-0.4, -0.2) is 89.8 Å². The van der Waals surface area contributed by atoms with Crippen molar-refractivity contribution in [2.24, 2.45) is 11.6 Å². The summed E-state index contributed by atoms with van der Waals surface area (Å²) in [7, 11) is 1.59. The lowest BCUT2D eigenvalue weighted by Crippen LogP contribution is -2.55. The lowest BCUT2D eigenvalue weighted by molar-refractivity contribution is -0.141. The highest BCUT2D eigenvalue weighted by Gasteiger charge is 2.27. The summed E-state index contributed by atoms with van der Waals surface area (Å²) in [6.45, 7) is -0.342. The van der Waals surface area contributed by atoms with E-state index in [-0.39, 0.29) is 31.1 Å². The quantitative estimate of drug-likeness (QED) is 0.0228. The Hall–Kier alpha value is -3.15. The zero-order valence-electron chi connectivity index (χ0n) is 18.0. The van der Waals surface area contributed by atoms with E-state index in [9.17, 15) is 24.0 Å². The first-order chi connectivity index (χ1) is 15.5. The molecule has 0 aliphatic rings. The molecule has 0 aromatic carbocycles. The number of carboxylic acids is 2. The highest BCUT2D eigenvalue weighted by molar-refractivity contribution is 7.97. The van der Waals surface area contributed by atoms with Crippen LogP contribution in [0.4, 0.5) is 0 Å². The molecule has 17 heteroatoms. The summed E-state index contributed by atoms with van der Waals surface area (Å²) in [4.78, 5) is 58.9. The standard InChI is InChI=1S/C16H31N9O7S/c1-20-33-7-10(15(31)32)23-11(26)6-22-13(29)8(3-2-4-21-16(17)18)24-14(30)9(25-19)5-12(27)28/h8-10,20,25H,2-7,19H2,1H3,(H,22,29)(H,23,26)(H,24,30)(H,27,28)(H,31,32)(H4,17,18,21)/t8-,9?,10-/m0/s1. The molecule has 16 nitrogen and oxygen atoms in total. The van der Waals surface area contributed by atoms with E-state index < -0.39 is 60.8 Å². The molecule has 0 radical (unpaired) electrons. The van der Waals surface area contributed by atoms with Crippen LogP contribution in [-0.2, 0) is 24.0 Å². The van der Waals surface area contributed by atoms with Crippen LogP contribution in [0.1, 0.15) is 19.3 Å². The van der Waals surface area contributed by atoms with Gasteiger partial charge in [0.2, 0.25) is 17.7 Å². The number of hydrogen-bond donors (Lipinski definition) is 11. The monoisotopic (exact) mass is 493 g/mol. The summed E-state index contributed by atoms with van der Waals surface area (Å²) in [6, 6.07) is -3.66. The van der Waals surface area contributed by atoms with Gasteiger partial charge in [0.05, 0.1) is 13.0 Å². The Morgan fingerprint density at radius 1 is 1.00 bits per heavy atom. The van der Waals surface area contributed by atoms with E-state index >= 15 is 0 Å². The van der Waals surface area contributed by atoms with Crippen LogP contribution in [0.25, 0.3) is 0 Å². The van der Waals surface area contributed by atoms with E-state index in [1.54, 1.807) is 7.05 Å². The van der Waals surface area contributed by atoms with E-state index in [1.165, 1.54) is 0 Å². The Morgan fingerprint density at radius 3 is 2.18 bits per heavy atom. The Balaban J connectivity index is 5.03. The number of amides is 3. The van der Waals surface area contributed by atoms with Gasteiger partial charge in [-0.1, -0.05) is 11.9 Å². The largest absolute Gasteiger partial charge is 0.481 e. The molecule has 3 amide bonds. The van der Waals surface area contributed by atoms with Crippen molar-refractivity contribution in [1.29, 1.82) is 5.41 Å². The zero-order valence-corrected chi connectivity index (χ0v) is 18.8. The minimum atomic E-state index is -1.31. The van der Waals surface area contributed by atoms with E-state index in [0.29, 0.717) is 0 Å². The topological polar surface area (TPSA) is 274 Å². The van der Waals surface area contributed by atoms with Gasteiger partial charge in [0.1, 0.15) is 18.1 Å². The summed E-state index contributed by atoms with van der Waals surface area (Å²) >= 11 is 1.08. The van der Waals surface area contributed by atoms with Crippen molar-refractivity contribution in [1.82, 2.24) is 31.4 Å². The van der Waals surface area contributed by atoms with Crippen molar-refractivity contribution in [2.75, 3.05) is 25.9 Å². The summed E-state index contributed by atoms with van der Waals surface area (Å²) in [5.74, 6) is 0.0560. The molecule has 1 unspecified atom stereocenters. The minimum Gasteiger partial charge on any atom is -0.481 e. The number of nitrogens with two attached hydrogens (primary N) is 2. The number of carbonyl (C=O) groups is 5. The van der Waals surface area contributed by atoms with Crippen molar-refractivity contribution in [3.8, 4) is 0 Å². The first-order valence-corrected chi connectivity index (χ1v) is 10.6. The van der Waals surface area contributed by atoms with E-state index in [2.05, 4.69) is 31.4 Å². The van der Waals surface area contributed by atoms with Gasteiger partial charge < -0.3 is 37.2 Å². The first kappa shape index (κ1) is 29.8. The third-order valence-corrected chi connectivity index (χ3v) is 4.75. The van der Waals surface area contributed by atoms with Gasteiger partial charge in [-0.3, -0.25) is 35.2 Å². The number of hydrazine groups is 1. The Labute approximate surface area is 194 Å². The van der Waals surface area contributed by atoms with E-state index in [0.717, 1.165) is 11.9 Å². The average Bonchev–Trinajstić information content (AvgIpc) is 2.74. The van der Waals surface area contributed by atoms with Gasteiger partial charge >= 0.3 is 11.9 Å². The molecule has 0 aromatic rings. The normalized spacial score (nSPS) is 13.2. The molecule has 0 aliphatic carbocycles. The number of aliphatic carboxylic acids is 2. The molecule has 0 saturated carbocycles. The second-order valence-corrected chi connectivity index (χ2v) is 7.58. The fourth-order valence-electron chi connectivity index (χ4n) is 2.35. The third kappa shape index (κ3) is 13.8. The van der Waals surface area contributed by atoms with E-state index in [1.807, 2.05) is 0 Å². The van der Waals surface area contributed by atoms with Crippen LogP contribution in [0.2, 0.25) is 0 Å². The van der Waals surface area contributed by atoms with Crippen LogP contribution >= 0.6 is 11.9 Å². The van der Waals surface area contributed by atoms with Gasteiger partial charge in [-0.05, 0) is 19.9 Å². The van der Waals surface area contributed by atoms with Crippen molar-refractivity contribution in [3.05, 3.63) is 0 Å². The summed E-state index contributed by atoms with van der Waals surface area (Å²) in [5.41, 5.74) is 7.23. The van der Waals surface area contributed by atoms with Gasteiger partial charge in [0, 0.05) is 12.3 Å². The smallest absolute Gasteiger partial charge is 0.327 e. The molecule has 13 N–H and O–H groups in total. The molecule has 0 aliphatic heterocycles. The molecule has 0 aromatic heterocycles. The highest BCUT2D eigenvalue weighted by Crippen LogP contribution is 2.01. The number of guanidine groups is 1. The fraction of sp³-hybridized carbons (Fsp3) is 0.625. The van der Waals surface area contributed by atoms with Gasteiger partial charge in [0.15, 0.2) is 5.96 Å². The molecule has 33 heavy (non-hydrogen) atoms. The number of nitrogens with one attached hydrogen (secondary N) is 7. The van der Waals surface area contributed by atoms with Crippen molar-refractivity contribution in [2.45, 2.75) is 37.4 Å². The first-order valence-electron chi connectivity index (χ1n) is 9.66. The SMILES string of the molecule is CNSC[C@H](NC(=O)CNC(=O)[C@H](CCCNC(=N)N)NC(=O)C(CC(=O)O)NN)C(=O)O. The number of hydrogen-bond acceptors (Lipinski definition) is 10. The lowest BCUT2D eigenvalue weighted by atomic mass is 10.1. The number of carbonyl (C=O) groups excluding carboxylic acids is 3. The second-order valence-electron chi connectivity index (χ2n) is 6.55. The van der Waals surface area contributed by atoms with Crippen LogP contribution in [0.15, 0.2) is 0 Å². The predicted octanol–water partition coefficient (Wildman–Crippen LogP) is -4.41. The predicted molar refractivity (Wildman–Crippen MR) is 119 cm³/mol.